The summed E-state index contributed by atoms with van der Waals surface area (Å²) in [7, 11) is 4.19. The second-order valence-corrected chi connectivity index (χ2v) is 4.88. The SMILES string of the molecule is CCN(CCCN(C)C)c1ncc(CO)cc1C. The van der Waals surface area contributed by atoms with Crippen LogP contribution < -0.4 is 4.90 Å². The molecule has 0 aliphatic rings. The standard InChI is InChI=1S/C14H25N3O/c1-5-17(8-6-7-16(3)4)14-12(2)9-13(11-18)10-15-14/h9-10,18H,5-8,11H2,1-4H3. The van der Waals surface area contributed by atoms with Crippen LogP contribution in [0.5, 0.6) is 0 Å². The van der Waals surface area contributed by atoms with Crippen molar-refractivity contribution in [3.63, 3.8) is 0 Å². The molecule has 4 heteroatoms. The van der Waals surface area contributed by atoms with Crippen molar-refractivity contribution in [1.82, 2.24) is 9.88 Å². The number of aliphatic hydroxyl groups excluding tert-OH is 1. The Labute approximate surface area is 110 Å². The van der Waals surface area contributed by atoms with Crippen LogP contribution in [0.1, 0.15) is 24.5 Å². The minimum Gasteiger partial charge on any atom is -0.392 e. The maximum atomic E-state index is 9.09. The normalized spacial score (nSPS) is 11.0. The van der Waals surface area contributed by atoms with E-state index < -0.39 is 0 Å². The molecular weight excluding hydrogens is 226 g/mol. The van der Waals surface area contributed by atoms with Gasteiger partial charge in [-0.2, -0.15) is 0 Å². The smallest absolute Gasteiger partial charge is 0.131 e. The first-order valence-corrected chi connectivity index (χ1v) is 6.54. The van der Waals surface area contributed by atoms with Gasteiger partial charge in [0, 0.05) is 19.3 Å². The highest BCUT2D eigenvalue weighted by atomic mass is 16.3. The third-order valence-corrected chi connectivity index (χ3v) is 3.00. The highest BCUT2D eigenvalue weighted by Gasteiger charge is 2.09. The zero-order valence-electron chi connectivity index (χ0n) is 12.0. The van der Waals surface area contributed by atoms with Crippen LogP contribution >= 0.6 is 0 Å². The quantitative estimate of drug-likeness (QED) is 0.800. The summed E-state index contributed by atoms with van der Waals surface area (Å²) >= 11 is 0. The Morgan fingerprint density at radius 2 is 2.00 bits per heavy atom. The molecule has 0 saturated carbocycles. The summed E-state index contributed by atoms with van der Waals surface area (Å²) < 4.78 is 0. The summed E-state index contributed by atoms with van der Waals surface area (Å²) in [6.45, 7) is 7.32. The lowest BCUT2D eigenvalue weighted by Gasteiger charge is -2.24. The molecule has 0 aromatic carbocycles. The van der Waals surface area contributed by atoms with Crippen LogP contribution in [-0.4, -0.2) is 48.7 Å². The summed E-state index contributed by atoms with van der Waals surface area (Å²) in [4.78, 5) is 8.96. The molecule has 0 saturated heterocycles. The summed E-state index contributed by atoms with van der Waals surface area (Å²) in [5.41, 5.74) is 2.01. The van der Waals surface area contributed by atoms with Gasteiger partial charge in [0.05, 0.1) is 6.61 Å². The predicted octanol–water partition coefficient (Wildman–Crippen LogP) is 1.66. The number of aliphatic hydroxyl groups is 1. The Hall–Kier alpha value is -1.13. The third kappa shape index (κ3) is 4.27. The number of rotatable bonds is 7. The van der Waals surface area contributed by atoms with Crippen LogP contribution in [-0.2, 0) is 6.61 Å². The van der Waals surface area contributed by atoms with E-state index in [1.54, 1.807) is 6.20 Å². The molecular formula is C14H25N3O. The summed E-state index contributed by atoms with van der Waals surface area (Å²) in [6.07, 6.45) is 2.89. The van der Waals surface area contributed by atoms with Crippen molar-refractivity contribution < 1.29 is 5.11 Å². The number of aryl methyl sites for hydroxylation is 1. The second kappa shape index (κ2) is 7.34. The Morgan fingerprint density at radius 3 is 2.50 bits per heavy atom. The van der Waals surface area contributed by atoms with Gasteiger partial charge >= 0.3 is 0 Å². The van der Waals surface area contributed by atoms with Gasteiger partial charge in [0.15, 0.2) is 0 Å². The van der Waals surface area contributed by atoms with Crippen molar-refractivity contribution in [2.75, 3.05) is 38.6 Å². The third-order valence-electron chi connectivity index (χ3n) is 3.00. The first kappa shape index (κ1) is 14.9. The van der Waals surface area contributed by atoms with Crippen LogP contribution in [0, 0.1) is 6.92 Å². The fourth-order valence-electron chi connectivity index (χ4n) is 2.03. The van der Waals surface area contributed by atoms with E-state index in [0.29, 0.717) is 0 Å². The van der Waals surface area contributed by atoms with E-state index in [2.05, 4.69) is 42.7 Å². The van der Waals surface area contributed by atoms with Crippen LogP contribution in [0.15, 0.2) is 12.3 Å². The molecule has 1 rings (SSSR count). The number of nitrogens with zero attached hydrogens (tertiary/aromatic N) is 3. The van der Waals surface area contributed by atoms with Gasteiger partial charge < -0.3 is 14.9 Å². The molecule has 18 heavy (non-hydrogen) atoms. The van der Waals surface area contributed by atoms with Crippen molar-refractivity contribution in [1.29, 1.82) is 0 Å². The number of pyridine rings is 1. The van der Waals surface area contributed by atoms with Crippen LogP contribution in [0.25, 0.3) is 0 Å². The average molecular weight is 251 g/mol. The van der Waals surface area contributed by atoms with Gasteiger partial charge in [0.2, 0.25) is 0 Å². The predicted molar refractivity (Wildman–Crippen MR) is 76.0 cm³/mol. The molecule has 1 N–H and O–H groups in total. The Balaban J connectivity index is 2.69. The van der Waals surface area contributed by atoms with E-state index in [9.17, 15) is 0 Å². The molecule has 0 fully saturated rings. The Kier molecular flexibility index (Phi) is 6.09. The van der Waals surface area contributed by atoms with Gasteiger partial charge in [-0.05, 0) is 58.1 Å². The summed E-state index contributed by atoms with van der Waals surface area (Å²) in [5, 5.41) is 9.09. The van der Waals surface area contributed by atoms with Gasteiger partial charge in [-0.25, -0.2) is 4.98 Å². The molecule has 1 aromatic rings. The van der Waals surface area contributed by atoms with E-state index in [0.717, 1.165) is 43.0 Å². The van der Waals surface area contributed by atoms with E-state index in [-0.39, 0.29) is 6.61 Å². The molecule has 0 spiro atoms. The lowest BCUT2D eigenvalue weighted by atomic mass is 10.2. The van der Waals surface area contributed by atoms with E-state index in [1.165, 1.54) is 0 Å². The topological polar surface area (TPSA) is 39.6 Å². The second-order valence-electron chi connectivity index (χ2n) is 4.88. The van der Waals surface area contributed by atoms with Gasteiger partial charge in [-0.15, -0.1) is 0 Å². The molecule has 0 atom stereocenters. The van der Waals surface area contributed by atoms with Crippen molar-refractivity contribution >= 4 is 5.82 Å². The fourth-order valence-corrected chi connectivity index (χ4v) is 2.03. The Morgan fingerprint density at radius 1 is 1.28 bits per heavy atom. The van der Waals surface area contributed by atoms with Gasteiger partial charge in [0.25, 0.3) is 0 Å². The van der Waals surface area contributed by atoms with Gasteiger partial charge in [-0.1, -0.05) is 0 Å². The molecule has 0 bridgehead atoms. The molecule has 102 valence electrons. The number of hydrogen-bond donors (Lipinski definition) is 1. The lowest BCUT2D eigenvalue weighted by Crippen LogP contribution is -2.28. The molecule has 0 aliphatic carbocycles. The maximum absolute atomic E-state index is 9.09. The van der Waals surface area contributed by atoms with Crippen molar-refractivity contribution in [3.8, 4) is 0 Å². The number of anilines is 1. The van der Waals surface area contributed by atoms with E-state index in [1.807, 2.05) is 6.07 Å². The Bertz CT molecular complexity index is 366. The molecule has 0 radical (unpaired) electrons. The maximum Gasteiger partial charge on any atom is 0.131 e. The zero-order chi connectivity index (χ0) is 13.5. The van der Waals surface area contributed by atoms with Crippen LogP contribution in [0.4, 0.5) is 5.82 Å². The van der Waals surface area contributed by atoms with Gasteiger partial charge in [-0.3, -0.25) is 0 Å². The molecule has 0 amide bonds. The number of hydrogen-bond acceptors (Lipinski definition) is 4. The first-order chi connectivity index (χ1) is 8.58. The monoisotopic (exact) mass is 251 g/mol. The van der Waals surface area contributed by atoms with Crippen molar-refractivity contribution in [2.24, 2.45) is 0 Å². The van der Waals surface area contributed by atoms with Crippen LogP contribution in [0.3, 0.4) is 0 Å². The largest absolute Gasteiger partial charge is 0.392 e. The van der Waals surface area contributed by atoms with E-state index >= 15 is 0 Å². The zero-order valence-corrected chi connectivity index (χ0v) is 12.0. The molecule has 0 aliphatic heterocycles. The first-order valence-electron chi connectivity index (χ1n) is 6.54. The lowest BCUT2D eigenvalue weighted by molar-refractivity contribution is 0.281. The molecule has 0 unspecified atom stereocenters. The minimum absolute atomic E-state index is 0.0564. The highest BCUT2D eigenvalue weighted by molar-refractivity contribution is 5.47. The number of aromatic nitrogens is 1. The molecule has 4 nitrogen and oxygen atoms in total. The summed E-state index contributed by atoms with van der Waals surface area (Å²) in [6, 6.07) is 2.01. The van der Waals surface area contributed by atoms with E-state index in [4.69, 9.17) is 5.11 Å². The highest BCUT2D eigenvalue weighted by Crippen LogP contribution is 2.18. The average Bonchev–Trinajstić information content (AvgIpc) is 2.35. The van der Waals surface area contributed by atoms with Crippen molar-refractivity contribution in [2.45, 2.75) is 26.9 Å². The van der Waals surface area contributed by atoms with Crippen LogP contribution in [0.2, 0.25) is 0 Å². The minimum atomic E-state index is 0.0564. The fraction of sp³-hybridized carbons (Fsp3) is 0.643. The molecule has 1 heterocycles. The summed E-state index contributed by atoms with van der Waals surface area (Å²) in [5.74, 6) is 1.04. The van der Waals surface area contributed by atoms with Crippen molar-refractivity contribution in [3.05, 3.63) is 23.4 Å². The molecule has 1 aromatic heterocycles. The van der Waals surface area contributed by atoms with Gasteiger partial charge in [0.1, 0.15) is 5.82 Å².